The monoisotopic (exact) mass is 194 g/mol. The van der Waals surface area contributed by atoms with E-state index in [4.69, 9.17) is 4.74 Å². The first-order chi connectivity index (χ1) is 6.74. The summed E-state index contributed by atoms with van der Waals surface area (Å²) in [5, 5.41) is 0. The first-order valence-electron chi connectivity index (χ1n) is 5.07. The largest absolute Gasteiger partial charge is 0.469 e. The van der Waals surface area contributed by atoms with Crippen LogP contribution in [0.3, 0.4) is 0 Å². The zero-order chi connectivity index (χ0) is 10.1. The molecule has 0 amide bonds. The van der Waals surface area contributed by atoms with Gasteiger partial charge < -0.3 is 4.74 Å². The van der Waals surface area contributed by atoms with Gasteiger partial charge in [0.15, 0.2) is 5.78 Å². The Morgan fingerprint density at radius 1 is 1.36 bits per heavy atom. The summed E-state index contributed by atoms with van der Waals surface area (Å²) in [6, 6.07) is 0. The Morgan fingerprint density at radius 2 is 2.14 bits per heavy atom. The van der Waals surface area contributed by atoms with Gasteiger partial charge in [-0.2, -0.15) is 0 Å². The minimum atomic E-state index is -0.174. The van der Waals surface area contributed by atoms with Crippen molar-refractivity contribution in [3.8, 4) is 0 Å². The molecule has 2 aliphatic carbocycles. The Hall–Kier alpha value is -1.12. The van der Waals surface area contributed by atoms with Gasteiger partial charge in [0, 0.05) is 6.42 Å². The highest BCUT2D eigenvalue weighted by Gasteiger charge is 2.35. The normalized spacial score (nSPS) is 26.4. The second-order valence-corrected chi connectivity index (χ2v) is 3.89. The minimum absolute atomic E-state index is 0.129. The number of hydrogen-bond acceptors (Lipinski definition) is 3. The first-order valence-corrected chi connectivity index (χ1v) is 5.07. The number of rotatable bonds is 1. The highest BCUT2D eigenvalue weighted by atomic mass is 16.5. The summed E-state index contributed by atoms with van der Waals surface area (Å²) in [7, 11) is 1.41. The quantitative estimate of drug-likeness (QED) is 0.596. The highest BCUT2D eigenvalue weighted by molar-refractivity contribution is 5.99. The molecular formula is C11H14O3. The van der Waals surface area contributed by atoms with Crippen molar-refractivity contribution >= 4 is 11.8 Å². The molecule has 0 N–H and O–H groups in total. The van der Waals surface area contributed by atoms with Gasteiger partial charge in [0.2, 0.25) is 0 Å². The fourth-order valence-electron chi connectivity index (χ4n) is 2.47. The summed E-state index contributed by atoms with van der Waals surface area (Å²) in [6.07, 6.45) is 3.94. The average molecular weight is 194 g/mol. The van der Waals surface area contributed by atoms with Crippen molar-refractivity contribution in [2.75, 3.05) is 7.11 Å². The molecule has 1 unspecified atom stereocenters. The number of ether oxygens (including phenoxy) is 1. The lowest BCUT2D eigenvalue weighted by atomic mass is 9.83. The smallest absolute Gasteiger partial charge is 0.312 e. The van der Waals surface area contributed by atoms with Crippen LogP contribution in [0, 0.1) is 5.92 Å². The van der Waals surface area contributed by atoms with Crippen LogP contribution in [0.15, 0.2) is 11.1 Å². The Morgan fingerprint density at radius 3 is 2.86 bits per heavy atom. The molecule has 0 saturated heterocycles. The van der Waals surface area contributed by atoms with Crippen molar-refractivity contribution in [3.05, 3.63) is 11.1 Å². The molecule has 3 nitrogen and oxygen atoms in total. The minimum Gasteiger partial charge on any atom is -0.469 e. The zero-order valence-corrected chi connectivity index (χ0v) is 8.34. The standard InChI is InChI=1S/C11H14O3/c1-14-11(13)9-5-6-10(12)8-4-2-3-7(8)9/h9H,2-6H2,1H3. The van der Waals surface area contributed by atoms with E-state index >= 15 is 0 Å². The lowest BCUT2D eigenvalue weighted by Gasteiger charge is -2.21. The lowest BCUT2D eigenvalue weighted by molar-refractivity contribution is -0.144. The highest BCUT2D eigenvalue weighted by Crippen LogP contribution is 2.39. The van der Waals surface area contributed by atoms with Gasteiger partial charge in [-0.25, -0.2) is 0 Å². The number of hydrogen-bond donors (Lipinski definition) is 0. The van der Waals surface area contributed by atoms with E-state index in [0.717, 1.165) is 30.4 Å². The van der Waals surface area contributed by atoms with E-state index in [0.29, 0.717) is 12.8 Å². The van der Waals surface area contributed by atoms with Crippen molar-refractivity contribution in [1.82, 2.24) is 0 Å². The Bertz CT molecular complexity index is 314. The third kappa shape index (κ3) is 1.37. The molecule has 0 aromatic rings. The van der Waals surface area contributed by atoms with Crippen molar-refractivity contribution in [3.63, 3.8) is 0 Å². The fraction of sp³-hybridized carbons (Fsp3) is 0.636. The van der Waals surface area contributed by atoms with Gasteiger partial charge in [-0.1, -0.05) is 0 Å². The number of carbonyl (C=O) groups excluding carboxylic acids is 2. The van der Waals surface area contributed by atoms with Crippen LogP contribution >= 0.6 is 0 Å². The van der Waals surface area contributed by atoms with Crippen LogP contribution in [0.25, 0.3) is 0 Å². The van der Waals surface area contributed by atoms with Crippen LogP contribution in [0.5, 0.6) is 0 Å². The molecular weight excluding hydrogens is 180 g/mol. The molecule has 3 heteroatoms. The third-order valence-electron chi connectivity index (χ3n) is 3.16. The van der Waals surface area contributed by atoms with Gasteiger partial charge in [-0.3, -0.25) is 9.59 Å². The summed E-state index contributed by atoms with van der Waals surface area (Å²) in [5.74, 6) is -0.0558. The Kier molecular flexibility index (Phi) is 2.40. The molecule has 0 saturated carbocycles. The molecule has 0 aromatic carbocycles. The van der Waals surface area contributed by atoms with E-state index in [1.54, 1.807) is 0 Å². The van der Waals surface area contributed by atoms with Crippen molar-refractivity contribution in [2.24, 2.45) is 5.92 Å². The molecule has 2 rings (SSSR count). The molecule has 0 aliphatic heterocycles. The number of carbonyl (C=O) groups is 2. The van der Waals surface area contributed by atoms with Gasteiger partial charge in [-0.15, -0.1) is 0 Å². The van der Waals surface area contributed by atoms with Crippen LogP contribution < -0.4 is 0 Å². The van der Waals surface area contributed by atoms with E-state index in [2.05, 4.69) is 0 Å². The SMILES string of the molecule is COC(=O)C1CCC(=O)C2=C1CCC2. The average Bonchev–Trinajstić information content (AvgIpc) is 2.67. The molecule has 2 aliphatic rings. The predicted molar refractivity (Wildman–Crippen MR) is 50.6 cm³/mol. The molecule has 14 heavy (non-hydrogen) atoms. The first kappa shape index (κ1) is 9.44. The van der Waals surface area contributed by atoms with Crippen molar-refractivity contribution in [1.29, 1.82) is 0 Å². The molecule has 0 heterocycles. The van der Waals surface area contributed by atoms with Crippen LogP contribution in [-0.2, 0) is 14.3 Å². The van der Waals surface area contributed by atoms with Crippen molar-refractivity contribution in [2.45, 2.75) is 32.1 Å². The molecule has 0 fully saturated rings. The predicted octanol–water partition coefficient (Wildman–Crippen LogP) is 1.62. The molecule has 0 aromatic heterocycles. The number of esters is 1. The second kappa shape index (κ2) is 3.56. The van der Waals surface area contributed by atoms with Crippen LogP contribution in [0.1, 0.15) is 32.1 Å². The maximum absolute atomic E-state index is 11.5. The Balaban J connectivity index is 2.29. The van der Waals surface area contributed by atoms with Crippen LogP contribution in [0.2, 0.25) is 0 Å². The Labute approximate surface area is 83.1 Å². The zero-order valence-electron chi connectivity index (χ0n) is 8.34. The number of methoxy groups -OCH3 is 1. The molecule has 0 radical (unpaired) electrons. The topological polar surface area (TPSA) is 43.4 Å². The van der Waals surface area contributed by atoms with Gasteiger partial charge in [0.1, 0.15) is 0 Å². The van der Waals surface area contributed by atoms with Gasteiger partial charge in [0.25, 0.3) is 0 Å². The summed E-state index contributed by atoms with van der Waals surface area (Å²) in [4.78, 5) is 23.0. The van der Waals surface area contributed by atoms with Gasteiger partial charge in [0.05, 0.1) is 13.0 Å². The number of allylic oxidation sites excluding steroid dienone is 1. The van der Waals surface area contributed by atoms with Crippen LogP contribution in [-0.4, -0.2) is 18.9 Å². The van der Waals surface area contributed by atoms with E-state index < -0.39 is 0 Å². The lowest BCUT2D eigenvalue weighted by Crippen LogP contribution is -2.24. The summed E-state index contributed by atoms with van der Waals surface area (Å²) in [6.45, 7) is 0. The second-order valence-electron chi connectivity index (χ2n) is 3.89. The maximum Gasteiger partial charge on any atom is 0.312 e. The maximum atomic E-state index is 11.5. The molecule has 0 spiro atoms. The van der Waals surface area contributed by atoms with Crippen LogP contribution in [0.4, 0.5) is 0 Å². The number of ketones is 1. The fourth-order valence-corrected chi connectivity index (χ4v) is 2.47. The molecule has 76 valence electrons. The summed E-state index contributed by atoms with van der Waals surface area (Å²) in [5.41, 5.74) is 1.99. The molecule has 0 bridgehead atoms. The number of Topliss-reactive ketones (excluding diaryl/α,β-unsaturated/α-hetero) is 1. The van der Waals surface area contributed by atoms with Gasteiger partial charge in [-0.05, 0) is 36.8 Å². The van der Waals surface area contributed by atoms with Crippen molar-refractivity contribution < 1.29 is 14.3 Å². The van der Waals surface area contributed by atoms with E-state index in [-0.39, 0.29) is 17.7 Å². The summed E-state index contributed by atoms with van der Waals surface area (Å²) < 4.78 is 4.75. The molecule has 1 atom stereocenters. The van der Waals surface area contributed by atoms with E-state index in [1.807, 2.05) is 0 Å². The van der Waals surface area contributed by atoms with E-state index in [1.165, 1.54) is 7.11 Å². The van der Waals surface area contributed by atoms with Gasteiger partial charge >= 0.3 is 5.97 Å². The van der Waals surface area contributed by atoms with E-state index in [9.17, 15) is 9.59 Å². The summed E-state index contributed by atoms with van der Waals surface area (Å²) >= 11 is 0. The third-order valence-corrected chi connectivity index (χ3v) is 3.16.